The summed E-state index contributed by atoms with van der Waals surface area (Å²) in [5, 5.41) is 12.1. The smallest absolute Gasteiger partial charge is 0.407 e. The second kappa shape index (κ2) is 11.1. The van der Waals surface area contributed by atoms with Crippen molar-refractivity contribution < 1.29 is 24.2 Å². The number of amides is 1. The first-order chi connectivity index (χ1) is 18.1. The zero-order valence-electron chi connectivity index (χ0n) is 20.1. The first-order valence-corrected chi connectivity index (χ1v) is 12.0. The summed E-state index contributed by atoms with van der Waals surface area (Å²) in [7, 11) is 0. The molecule has 1 aliphatic carbocycles. The fourth-order valence-electron chi connectivity index (χ4n) is 4.62. The van der Waals surface area contributed by atoms with Gasteiger partial charge >= 0.3 is 12.1 Å². The Bertz CT molecular complexity index is 1340. The Morgan fingerprint density at radius 3 is 2.27 bits per heavy atom. The molecule has 0 bridgehead atoms. The zero-order chi connectivity index (χ0) is 25.6. The van der Waals surface area contributed by atoms with Crippen molar-refractivity contribution in [3.05, 3.63) is 114 Å². The van der Waals surface area contributed by atoms with Gasteiger partial charge in [0.15, 0.2) is 0 Å². The lowest BCUT2D eigenvalue weighted by molar-refractivity contribution is -0.139. The SMILES string of the molecule is O=C(N[C@H](Cc1cn(COCc2ccccc2)cn1)C(=O)O)OCC1c2ccccc2-c2ccccc21. The minimum Gasteiger partial charge on any atom is -0.480 e. The average Bonchev–Trinajstić information content (AvgIpc) is 3.49. The highest BCUT2D eigenvalue weighted by Gasteiger charge is 2.30. The number of carbonyl (C=O) groups is 2. The number of carbonyl (C=O) groups excluding carboxylic acids is 1. The van der Waals surface area contributed by atoms with Crippen LogP contribution in [0.5, 0.6) is 0 Å². The Hall–Kier alpha value is -4.43. The Kier molecular flexibility index (Phi) is 7.28. The van der Waals surface area contributed by atoms with Gasteiger partial charge in [-0.15, -0.1) is 0 Å². The molecule has 1 aromatic heterocycles. The third kappa shape index (κ3) is 5.70. The molecular formula is C29H27N3O5. The lowest BCUT2D eigenvalue weighted by Gasteiger charge is -2.17. The average molecular weight is 498 g/mol. The Morgan fingerprint density at radius 1 is 0.946 bits per heavy atom. The Morgan fingerprint density at radius 2 is 1.59 bits per heavy atom. The molecule has 3 aromatic carbocycles. The van der Waals surface area contributed by atoms with Gasteiger partial charge in [0.1, 0.15) is 19.4 Å². The number of ether oxygens (including phenoxy) is 2. The number of imidazole rings is 1. The number of alkyl carbamates (subject to hydrolysis) is 1. The molecule has 0 saturated carbocycles. The van der Waals surface area contributed by atoms with Gasteiger partial charge in [-0.3, -0.25) is 0 Å². The number of nitrogens with zero attached hydrogens (tertiary/aromatic N) is 2. The molecule has 37 heavy (non-hydrogen) atoms. The van der Waals surface area contributed by atoms with Gasteiger partial charge in [0, 0.05) is 18.5 Å². The van der Waals surface area contributed by atoms with E-state index in [1.165, 1.54) is 0 Å². The number of carboxylic acids is 1. The number of nitrogens with one attached hydrogen (secondary N) is 1. The zero-order valence-corrected chi connectivity index (χ0v) is 20.1. The lowest BCUT2D eigenvalue weighted by Crippen LogP contribution is -2.43. The molecule has 5 rings (SSSR count). The molecule has 0 spiro atoms. The summed E-state index contributed by atoms with van der Waals surface area (Å²) in [5.41, 5.74) is 6.01. The summed E-state index contributed by atoms with van der Waals surface area (Å²) in [6, 6.07) is 24.7. The van der Waals surface area contributed by atoms with Crippen LogP contribution in [0.2, 0.25) is 0 Å². The van der Waals surface area contributed by atoms with E-state index >= 15 is 0 Å². The quantitative estimate of drug-likeness (QED) is 0.332. The fourth-order valence-corrected chi connectivity index (χ4v) is 4.62. The predicted octanol–water partition coefficient (Wildman–Crippen LogP) is 4.59. The largest absolute Gasteiger partial charge is 0.480 e. The highest BCUT2D eigenvalue weighted by molar-refractivity contribution is 5.81. The number of rotatable bonds is 10. The number of hydrogen-bond acceptors (Lipinski definition) is 5. The van der Waals surface area contributed by atoms with E-state index in [4.69, 9.17) is 9.47 Å². The lowest BCUT2D eigenvalue weighted by atomic mass is 9.98. The van der Waals surface area contributed by atoms with Crippen molar-refractivity contribution in [2.24, 2.45) is 0 Å². The van der Waals surface area contributed by atoms with Crippen LogP contribution in [0.25, 0.3) is 11.1 Å². The van der Waals surface area contributed by atoms with Gasteiger partial charge in [-0.05, 0) is 27.8 Å². The van der Waals surface area contributed by atoms with E-state index in [1.807, 2.05) is 66.7 Å². The number of carboxylic acid groups (broad SMARTS) is 1. The van der Waals surface area contributed by atoms with Crippen molar-refractivity contribution in [1.29, 1.82) is 0 Å². The maximum atomic E-state index is 12.6. The van der Waals surface area contributed by atoms with Crippen molar-refractivity contribution in [3.8, 4) is 11.1 Å². The van der Waals surface area contributed by atoms with Gasteiger partial charge < -0.3 is 24.5 Å². The van der Waals surface area contributed by atoms with Gasteiger partial charge in [-0.1, -0.05) is 78.9 Å². The highest BCUT2D eigenvalue weighted by Crippen LogP contribution is 2.44. The van der Waals surface area contributed by atoms with E-state index in [9.17, 15) is 14.7 Å². The van der Waals surface area contributed by atoms with Crippen LogP contribution in [0, 0.1) is 0 Å². The van der Waals surface area contributed by atoms with Crippen molar-refractivity contribution in [2.45, 2.75) is 31.7 Å². The summed E-state index contributed by atoms with van der Waals surface area (Å²) in [4.78, 5) is 28.7. The van der Waals surface area contributed by atoms with Gasteiger partial charge in [0.25, 0.3) is 0 Å². The number of benzene rings is 3. The molecule has 0 unspecified atom stereocenters. The minimum atomic E-state index is -1.18. The molecule has 8 heteroatoms. The van der Waals surface area contributed by atoms with E-state index in [0.29, 0.717) is 12.3 Å². The van der Waals surface area contributed by atoms with Crippen molar-refractivity contribution in [3.63, 3.8) is 0 Å². The van der Waals surface area contributed by atoms with Crippen LogP contribution >= 0.6 is 0 Å². The molecular weight excluding hydrogens is 470 g/mol. The number of aromatic nitrogens is 2. The highest BCUT2D eigenvalue weighted by atomic mass is 16.5. The standard InChI is InChI=1S/C29H27N3O5/c33-28(34)27(14-21-15-32(18-30-21)19-36-16-20-8-2-1-3-9-20)31-29(35)37-17-26-24-12-6-4-10-22(24)23-11-5-7-13-25(23)26/h1-13,15,18,26-27H,14,16-17,19H2,(H,31,35)(H,33,34)/t27-/m1/s1. The molecule has 8 nitrogen and oxygen atoms in total. The van der Waals surface area contributed by atoms with Crippen LogP contribution in [-0.4, -0.2) is 39.4 Å². The maximum Gasteiger partial charge on any atom is 0.407 e. The van der Waals surface area contributed by atoms with Crippen LogP contribution in [-0.2, 0) is 34.0 Å². The van der Waals surface area contributed by atoms with Crippen LogP contribution in [0.3, 0.4) is 0 Å². The molecule has 0 fully saturated rings. The molecule has 0 saturated heterocycles. The van der Waals surface area contributed by atoms with Gasteiger partial charge in [0.05, 0.1) is 18.6 Å². The van der Waals surface area contributed by atoms with Gasteiger partial charge in [-0.25, -0.2) is 14.6 Å². The van der Waals surface area contributed by atoms with Crippen molar-refractivity contribution in [2.75, 3.05) is 6.61 Å². The first-order valence-electron chi connectivity index (χ1n) is 12.0. The van der Waals surface area contributed by atoms with E-state index in [1.54, 1.807) is 17.1 Å². The van der Waals surface area contributed by atoms with Gasteiger partial charge in [0.2, 0.25) is 0 Å². The summed E-state index contributed by atoms with van der Waals surface area (Å²) in [6.45, 7) is 0.842. The Labute approximate surface area is 214 Å². The molecule has 1 atom stereocenters. The first kappa shape index (κ1) is 24.3. The monoisotopic (exact) mass is 497 g/mol. The summed E-state index contributed by atoms with van der Waals surface area (Å²) >= 11 is 0. The van der Waals surface area contributed by atoms with Crippen molar-refractivity contribution in [1.82, 2.24) is 14.9 Å². The van der Waals surface area contributed by atoms with E-state index in [-0.39, 0.29) is 25.7 Å². The van der Waals surface area contributed by atoms with Crippen LogP contribution in [0.1, 0.15) is 28.3 Å². The predicted molar refractivity (Wildman–Crippen MR) is 137 cm³/mol. The second-order valence-corrected chi connectivity index (χ2v) is 8.91. The molecule has 2 N–H and O–H groups in total. The summed E-state index contributed by atoms with van der Waals surface area (Å²) in [6.07, 6.45) is 2.53. The second-order valence-electron chi connectivity index (χ2n) is 8.91. The third-order valence-corrected chi connectivity index (χ3v) is 6.39. The van der Waals surface area contributed by atoms with Crippen LogP contribution in [0.15, 0.2) is 91.4 Å². The summed E-state index contributed by atoms with van der Waals surface area (Å²) < 4.78 is 12.9. The van der Waals surface area contributed by atoms with E-state index in [2.05, 4.69) is 22.4 Å². The van der Waals surface area contributed by atoms with E-state index in [0.717, 1.165) is 27.8 Å². The number of aliphatic carboxylic acids is 1. The van der Waals surface area contributed by atoms with Crippen LogP contribution in [0.4, 0.5) is 4.79 Å². The van der Waals surface area contributed by atoms with Gasteiger partial charge in [-0.2, -0.15) is 0 Å². The Balaban J connectivity index is 1.15. The molecule has 4 aromatic rings. The molecule has 1 amide bonds. The van der Waals surface area contributed by atoms with Crippen LogP contribution < -0.4 is 5.32 Å². The fraction of sp³-hybridized carbons (Fsp3) is 0.207. The van der Waals surface area contributed by atoms with E-state index < -0.39 is 18.1 Å². The third-order valence-electron chi connectivity index (χ3n) is 6.39. The molecule has 0 radical (unpaired) electrons. The molecule has 1 heterocycles. The minimum absolute atomic E-state index is 0.0191. The summed E-state index contributed by atoms with van der Waals surface area (Å²) in [5.74, 6) is -1.27. The molecule has 0 aliphatic heterocycles. The molecule has 188 valence electrons. The maximum absolute atomic E-state index is 12.6. The molecule has 1 aliphatic rings. The topological polar surface area (TPSA) is 103 Å². The normalized spacial score (nSPS) is 13.0. The number of fused-ring (bicyclic) bond motifs is 3. The van der Waals surface area contributed by atoms with Crippen molar-refractivity contribution >= 4 is 12.1 Å². The number of hydrogen-bond donors (Lipinski definition) is 2.